The second kappa shape index (κ2) is 9.30. The minimum absolute atomic E-state index is 0.0968. The van der Waals surface area contributed by atoms with Crippen molar-refractivity contribution in [3.8, 4) is 11.3 Å². The van der Waals surface area contributed by atoms with Crippen LogP contribution in [0, 0.1) is 13.8 Å². The van der Waals surface area contributed by atoms with Crippen LogP contribution in [0.25, 0.3) is 11.3 Å². The molecule has 2 aromatic carbocycles. The number of carbonyl (C=O) groups is 1. The van der Waals surface area contributed by atoms with Crippen molar-refractivity contribution in [2.75, 3.05) is 12.4 Å². The predicted octanol–water partition coefficient (Wildman–Crippen LogP) is 5.09. The van der Waals surface area contributed by atoms with Gasteiger partial charge in [-0.3, -0.25) is 10.1 Å². The maximum absolute atomic E-state index is 12.8. The highest BCUT2D eigenvalue weighted by Crippen LogP contribution is 2.28. The summed E-state index contributed by atoms with van der Waals surface area (Å²) in [7, 11) is -2.24. The Morgan fingerprint density at radius 1 is 1.12 bits per heavy atom. The van der Waals surface area contributed by atoms with Gasteiger partial charge in [-0.05, 0) is 61.9 Å². The zero-order valence-electron chi connectivity index (χ0n) is 18.4. The molecule has 0 saturated carbocycles. The second-order valence-electron chi connectivity index (χ2n) is 7.68. The predicted molar refractivity (Wildman–Crippen MR) is 129 cm³/mol. The molecule has 2 heterocycles. The molecule has 1 amide bonds. The van der Waals surface area contributed by atoms with Crippen LogP contribution in [0.1, 0.15) is 27.2 Å². The van der Waals surface area contributed by atoms with Gasteiger partial charge < -0.3 is 4.42 Å². The molecule has 0 aliphatic carbocycles. The summed E-state index contributed by atoms with van der Waals surface area (Å²) in [5.74, 6) is 0.186. The molecule has 4 aromatic rings. The van der Waals surface area contributed by atoms with E-state index in [4.69, 9.17) is 4.42 Å². The van der Waals surface area contributed by atoms with Crippen molar-refractivity contribution in [2.45, 2.75) is 25.3 Å². The van der Waals surface area contributed by atoms with Crippen molar-refractivity contribution in [2.24, 2.45) is 0 Å². The van der Waals surface area contributed by atoms with E-state index >= 15 is 0 Å². The molecule has 0 unspecified atom stereocenters. The first-order chi connectivity index (χ1) is 15.7. The van der Waals surface area contributed by atoms with E-state index < -0.39 is 10.0 Å². The number of thiazole rings is 1. The standard InChI is InChI=1S/C24H23N3O4S2/c1-16-6-7-17(2)21(13-16)22-15-32-24(25-22)26-23(28)18-8-10-20(11-9-18)33(29,30)27(3)14-19-5-4-12-31-19/h4-13,15H,14H2,1-3H3,(H,25,26,28). The molecular weight excluding hydrogens is 458 g/mol. The van der Waals surface area contributed by atoms with E-state index in [0.717, 1.165) is 22.4 Å². The smallest absolute Gasteiger partial charge is 0.257 e. The monoisotopic (exact) mass is 481 g/mol. The first-order valence-corrected chi connectivity index (χ1v) is 12.5. The number of aromatic nitrogens is 1. The molecule has 0 aliphatic heterocycles. The second-order valence-corrected chi connectivity index (χ2v) is 10.6. The molecule has 170 valence electrons. The maximum Gasteiger partial charge on any atom is 0.257 e. The van der Waals surface area contributed by atoms with Gasteiger partial charge >= 0.3 is 0 Å². The highest BCUT2D eigenvalue weighted by Gasteiger charge is 2.22. The van der Waals surface area contributed by atoms with E-state index in [0.29, 0.717) is 16.5 Å². The largest absolute Gasteiger partial charge is 0.468 e. The molecule has 0 fully saturated rings. The number of carbonyl (C=O) groups excluding carboxylic acids is 1. The molecule has 4 rings (SSSR count). The number of anilines is 1. The zero-order chi connectivity index (χ0) is 23.6. The fourth-order valence-electron chi connectivity index (χ4n) is 3.30. The number of rotatable bonds is 7. The number of nitrogens with one attached hydrogen (secondary N) is 1. The molecule has 33 heavy (non-hydrogen) atoms. The van der Waals surface area contributed by atoms with Crippen molar-refractivity contribution < 1.29 is 17.6 Å². The molecule has 1 N–H and O–H groups in total. The van der Waals surface area contributed by atoms with Crippen molar-refractivity contribution in [1.29, 1.82) is 0 Å². The number of hydrogen-bond donors (Lipinski definition) is 1. The van der Waals surface area contributed by atoms with Gasteiger partial charge in [0.2, 0.25) is 10.0 Å². The molecule has 0 radical (unpaired) electrons. The third-order valence-corrected chi connectivity index (χ3v) is 7.75. The van der Waals surface area contributed by atoms with Crippen molar-refractivity contribution >= 4 is 32.4 Å². The number of amides is 1. The number of sulfonamides is 1. The SMILES string of the molecule is Cc1ccc(C)c(-c2csc(NC(=O)c3ccc(S(=O)(=O)N(C)Cc4ccco4)cc3)n2)c1. The molecule has 0 atom stereocenters. The number of benzene rings is 2. The van der Waals surface area contributed by atoms with Gasteiger partial charge in [0.25, 0.3) is 5.91 Å². The lowest BCUT2D eigenvalue weighted by atomic mass is 10.0. The summed E-state index contributed by atoms with van der Waals surface area (Å²) >= 11 is 1.34. The Hall–Kier alpha value is -3.27. The number of aryl methyl sites for hydroxylation is 2. The van der Waals surface area contributed by atoms with Crippen LogP contribution < -0.4 is 5.32 Å². The van der Waals surface area contributed by atoms with E-state index in [-0.39, 0.29) is 17.3 Å². The van der Waals surface area contributed by atoms with E-state index in [1.54, 1.807) is 12.1 Å². The van der Waals surface area contributed by atoms with E-state index in [1.807, 2.05) is 31.4 Å². The normalized spacial score (nSPS) is 11.6. The van der Waals surface area contributed by atoms with Crippen LogP contribution in [0.5, 0.6) is 0 Å². The third kappa shape index (κ3) is 5.05. The summed E-state index contributed by atoms with van der Waals surface area (Å²) in [6.45, 7) is 4.16. The Bertz CT molecular complexity index is 1380. The van der Waals surface area contributed by atoms with Gasteiger partial charge in [0.05, 0.1) is 23.4 Å². The topological polar surface area (TPSA) is 92.5 Å². The van der Waals surface area contributed by atoms with Crippen LogP contribution in [0.2, 0.25) is 0 Å². The van der Waals surface area contributed by atoms with Crippen molar-refractivity contribution in [3.05, 3.63) is 88.7 Å². The summed E-state index contributed by atoms with van der Waals surface area (Å²) < 4.78 is 32.0. The van der Waals surface area contributed by atoms with Gasteiger partial charge in [0, 0.05) is 23.6 Å². The summed E-state index contributed by atoms with van der Waals surface area (Å²) in [6.07, 6.45) is 1.50. The van der Waals surface area contributed by atoms with Gasteiger partial charge in [0.1, 0.15) is 5.76 Å². The summed E-state index contributed by atoms with van der Waals surface area (Å²) in [4.78, 5) is 17.3. The maximum atomic E-state index is 12.8. The Balaban J connectivity index is 1.46. The minimum Gasteiger partial charge on any atom is -0.468 e. The van der Waals surface area contributed by atoms with Gasteiger partial charge in [-0.15, -0.1) is 11.3 Å². The first-order valence-electron chi connectivity index (χ1n) is 10.2. The zero-order valence-corrected chi connectivity index (χ0v) is 20.0. The van der Waals surface area contributed by atoms with Gasteiger partial charge in [0.15, 0.2) is 5.13 Å². The molecule has 9 heteroatoms. The molecule has 0 saturated heterocycles. The Morgan fingerprint density at radius 3 is 2.58 bits per heavy atom. The van der Waals surface area contributed by atoms with E-state index in [1.165, 1.54) is 53.2 Å². The van der Waals surface area contributed by atoms with Crippen LogP contribution in [-0.2, 0) is 16.6 Å². The molecule has 0 bridgehead atoms. The average Bonchev–Trinajstić information content (AvgIpc) is 3.47. The fourth-order valence-corrected chi connectivity index (χ4v) is 5.14. The van der Waals surface area contributed by atoms with Crippen molar-refractivity contribution in [3.63, 3.8) is 0 Å². The van der Waals surface area contributed by atoms with Crippen LogP contribution in [-0.4, -0.2) is 30.7 Å². The van der Waals surface area contributed by atoms with E-state index in [2.05, 4.69) is 16.4 Å². The van der Waals surface area contributed by atoms with Crippen LogP contribution in [0.15, 0.2) is 75.6 Å². The Labute approximate surface area is 196 Å². The molecular formula is C24H23N3O4S2. The van der Waals surface area contributed by atoms with Crippen LogP contribution in [0.3, 0.4) is 0 Å². The van der Waals surface area contributed by atoms with Crippen LogP contribution >= 0.6 is 11.3 Å². The quantitative estimate of drug-likeness (QED) is 0.397. The summed E-state index contributed by atoms with van der Waals surface area (Å²) in [6, 6.07) is 15.4. The number of furan rings is 1. The lowest BCUT2D eigenvalue weighted by molar-refractivity contribution is 0.102. The number of hydrogen-bond acceptors (Lipinski definition) is 6. The Morgan fingerprint density at radius 2 is 1.88 bits per heavy atom. The molecule has 0 aliphatic rings. The highest BCUT2D eigenvalue weighted by molar-refractivity contribution is 7.89. The highest BCUT2D eigenvalue weighted by atomic mass is 32.2. The van der Waals surface area contributed by atoms with Crippen LogP contribution in [0.4, 0.5) is 5.13 Å². The summed E-state index contributed by atoms with van der Waals surface area (Å²) in [5.41, 5.74) is 4.42. The van der Waals surface area contributed by atoms with Crippen molar-refractivity contribution in [1.82, 2.24) is 9.29 Å². The van der Waals surface area contributed by atoms with E-state index in [9.17, 15) is 13.2 Å². The molecule has 2 aromatic heterocycles. The first kappa shape index (κ1) is 22.9. The lowest BCUT2D eigenvalue weighted by Gasteiger charge is -2.16. The fraction of sp³-hybridized carbons (Fsp3) is 0.167. The van der Waals surface area contributed by atoms with Gasteiger partial charge in [-0.2, -0.15) is 4.31 Å². The van der Waals surface area contributed by atoms with Gasteiger partial charge in [-0.1, -0.05) is 17.7 Å². The molecule has 7 nitrogen and oxygen atoms in total. The molecule has 0 spiro atoms. The third-order valence-electron chi connectivity index (χ3n) is 5.18. The number of nitrogens with zero attached hydrogens (tertiary/aromatic N) is 2. The van der Waals surface area contributed by atoms with Gasteiger partial charge in [-0.25, -0.2) is 13.4 Å². The Kier molecular flexibility index (Phi) is 6.46. The minimum atomic E-state index is -3.72. The summed E-state index contributed by atoms with van der Waals surface area (Å²) in [5, 5.41) is 5.17. The lowest BCUT2D eigenvalue weighted by Crippen LogP contribution is -2.26. The average molecular weight is 482 g/mol.